The summed E-state index contributed by atoms with van der Waals surface area (Å²) in [5.74, 6) is 0.688. The molecule has 1 amide bonds. The Morgan fingerprint density at radius 3 is 2.40 bits per heavy atom. The maximum Gasteiger partial charge on any atom is 0.220 e. The molecule has 4 nitrogen and oxygen atoms in total. The maximum absolute atomic E-state index is 12.3. The fraction of sp³-hybridized carbons (Fsp3) is 0.938. The Bertz CT molecular complexity index is 326. The molecule has 2 fully saturated rings. The summed E-state index contributed by atoms with van der Waals surface area (Å²) < 4.78 is 0. The number of hydrogen-bond donors (Lipinski definition) is 3. The number of hydrogen-bond acceptors (Lipinski definition) is 3. The highest BCUT2D eigenvalue weighted by Crippen LogP contribution is 2.32. The van der Waals surface area contributed by atoms with Crippen molar-refractivity contribution >= 4 is 5.91 Å². The van der Waals surface area contributed by atoms with Gasteiger partial charge in [-0.05, 0) is 43.4 Å². The Balaban J connectivity index is 1.82. The monoisotopic (exact) mass is 282 g/mol. The third-order valence-electron chi connectivity index (χ3n) is 4.84. The zero-order valence-electron chi connectivity index (χ0n) is 13.1. The van der Waals surface area contributed by atoms with Crippen LogP contribution >= 0.6 is 0 Å². The van der Waals surface area contributed by atoms with Crippen LogP contribution in [-0.2, 0) is 4.79 Å². The van der Waals surface area contributed by atoms with Crippen LogP contribution in [0.25, 0.3) is 0 Å². The minimum atomic E-state index is -0.00839. The van der Waals surface area contributed by atoms with Crippen LogP contribution in [0.15, 0.2) is 0 Å². The molecule has 2 aliphatic heterocycles. The molecule has 0 radical (unpaired) electrons. The van der Waals surface area contributed by atoms with E-state index < -0.39 is 0 Å². The first-order valence-corrected chi connectivity index (χ1v) is 8.04. The lowest BCUT2D eigenvalue weighted by molar-refractivity contribution is -0.123. The van der Waals surface area contributed by atoms with Gasteiger partial charge in [-0.15, -0.1) is 0 Å². The fourth-order valence-electron chi connectivity index (χ4n) is 3.71. The number of carbonyl (C=O) groups excluding carboxylic acids is 1. The number of rotatable bonds is 5. The zero-order chi connectivity index (χ0) is 14.8. The van der Waals surface area contributed by atoms with Gasteiger partial charge in [0.1, 0.15) is 0 Å². The molecule has 116 valence electrons. The van der Waals surface area contributed by atoms with Crippen molar-refractivity contribution in [1.29, 1.82) is 0 Å². The van der Waals surface area contributed by atoms with Gasteiger partial charge in [-0.25, -0.2) is 0 Å². The minimum Gasteiger partial charge on any atom is -0.396 e. The molecule has 0 aromatic carbocycles. The summed E-state index contributed by atoms with van der Waals surface area (Å²) >= 11 is 0. The van der Waals surface area contributed by atoms with Gasteiger partial charge in [-0.1, -0.05) is 20.8 Å². The summed E-state index contributed by atoms with van der Waals surface area (Å²) in [4.78, 5) is 12.3. The topological polar surface area (TPSA) is 61.4 Å². The summed E-state index contributed by atoms with van der Waals surface area (Å²) in [7, 11) is 0. The summed E-state index contributed by atoms with van der Waals surface area (Å²) in [6.07, 6.45) is 6.11. The molecule has 3 N–H and O–H groups in total. The molecular weight excluding hydrogens is 252 g/mol. The molecule has 2 aliphatic rings. The van der Waals surface area contributed by atoms with Gasteiger partial charge in [-0.3, -0.25) is 4.79 Å². The summed E-state index contributed by atoms with van der Waals surface area (Å²) in [6, 6.07) is 1.34. The quantitative estimate of drug-likeness (QED) is 0.721. The molecule has 2 heterocycles. The average molecular weight is 282 g/mol. The smallest absolute Gasteiger partial charge is 0.220 e. The number of aliphatic hydroxyl groups is 1. The molecule has 3 atom stereocenters. The third kappa shape index (κ3) is 4.19. The van der Waals surface area contributed by atoms with Crippen molar-refractivity contribution in [3.05, 3.63) is 0 Å². The normalized spacial score (nSPS) is 31.1. The van der Waals surface area contributed by atoms with Gasteiger partial charge in [0.25, 0.3) is 0 Å². The molecule has 3 unspecified atom stereocenters. The summed E-state index contributed by atoms with van der Waals surface area (Å²) in [5.41, 5.74) is -0.00839. The second-order valence-corrected chi connectivity index (χ2v) is 7.68. The van der Waals surface area contributed by atoms with Crippen molar-refractivity contribution in [3.63, 3.8) is 0 Å². The van der Waals surface area contributed by atoms with Gasteiger partial charge in [0.05, 0.1) is 0 Å². The maximum atomic E-state index is 12.3. The van der Waals surface area contributed by atoms with E-state index in [9.17, 15) is 4.79 Å². The van der Waals surface area contributed by atoms with E-state index in [0.29, 0.717) is 30.8 Å². The van der Waals surface area contributed by atoms with Crippen LogP contribution in [-0.4, -0.2) is 35.7 Å². The van der Waals surface area contributed by atoms with E-state index in [1.54, 1.807) is 0 Å². The number of nitrogens with one attached hydrogen (secondary N) is 2. The predicted octanol–water partition coefficient (Wildman–Crippen LogP) is 1.82. The third-order valence-corrected chi connectivity index (χ3v) is 4.84. The lowest BCUT2D eigenvalue weighted by Gasteiger charge is -2.33. The van der Waals surface area contributed by atoms with Gasteiger partial charge in [0.15, 0.2) is 0 Å². The van der Waals surface area contributed by atoms with Crippen LogP contribution in [0.4, 0.5) is 0 Å². The van der Waals surface area contributed by atoms with Crippen molar-refractivity contribution in [2.24, 2.45) is 11.3 Å². The molecule has 2 rings (SSSR count). The number of piperidine rings is 1. The van der Waals surface area contributed by atoms with Crippen LogP contribution in [0.5, 0.6) is 0 Å². The number of amides is 1. The number of aliphatic hydroxyl groups excluding tert-OH is 1. The van der Waals surface area contributed by atoms with Crippen LogP contribution in [0.1, 0.15) is 59.3 Å². The second-order valence-electron chi connectivity index (χ2n) is 7.68. The highest BCUT2D eigenvalue weighted by atomic mass is 16.3. The first kappa shape index (κ1) is 15.8. The highest BCUT2D eigenvalue weighted by Gasteiger charge is 2.34. The summed E-state index contributed by atoms with van der Waals surface area (Å²) in [5, 5.41) is 15.9. The lowest BCUT2D eigenvalue weighted by atomic mass is 9.84. The van der Waals surface area contributed by atoms with E-state index >= 15 is 0 Å². The van der Waals surface area contributed by atoms with Gasteiger partial charge in [0, 0.05) is 31.2 Å². The molecule has 20 heavy (non-hydrogen) atoms. The number of fused-ring (bicyclic) bond motifs is 2. The van der Waals surface area contributed by atoms with Crippen molar-refractivity contribution in [3.8, 4) is 0 Å². The van der Waals surface area contributed by atoms with E-state index in [0.717, 1.165) is 12.8 Å². The molecule has 0 saturated carbocycles. The van der Waals surface area contributed by atoms with E-state index in [4.69, 9.17) is 5.11 Å². The standard InChI is InChI=1S/C16H30N2O2/c1-16(2,3)14(6-7-19)18-15(20)10-11-8-12-4-5-13(9-11)17-12/h11-14,17,19H,4-10H2,1-3H3,(H,18,20). The Kier molecular flexibility index (Phi) is 5.08. The van der Waals surface area contributed by atoms with Crippen molar-refractivity contribution < 1.29 is 9.90 Å². The fourth-order valence-corrected chi connectivity index (χ4v) is 3.71. The molecule has 0 aliphatic carbocycles. The Hall–Kier alpha value is -0.610. The first-order chi connectivity index (χ1) is 9.38. The second kappa shape index (κ2) is 6.44. The molecule has 2 bridgehead atoms. The van der Waals surface area contributed by atoms with Crippen molar-refractivity contribution in [2.75, 3.05) is 6.61 Å². The van der Waals surface area contributed by atoms with E-state index in [1.165, 1.54) is 12.8 Å². The molecule has 0 spiro atoms. The highest BCUT2D eigenvalue weighted by molar-refractivity contribution is 5.76. The van der Waals surface area contributed by atoms with Gasteiger partial charge >= 0.3 is 0 Å². The van der Waals surface area contributed by atoms with Crippen LogP contribution in [0.3, 0.4) is 0 Å². The summed E-state index contributed by atoms with van der Waals surface area (Å²) in [6.45, 7) is 6.45. The van der Waals surface area contributed by atoms with Crippen molar-refractivity contribution in [1.82, 2.24) is 10.6 Å². The van der Waals surface area contributed by atoms with Crippen LogP contribution < -0.4 is 10.6 Å². The molecule has 4 heteroatoms. The van der Waals surface area contributed by atoms with Gasteiger partial charge in [-0.2, -0.15) is 0 Å². The van der Waals surface area contributed by atoms with Crippen LogP contribution in [0, 0.1) is 11.3 Å². The Morgan fingerprint density at radius 1 is 1.30 bits per heavy atom. The first-order valence-electron chi connectivity index (χ1n) is 8.04. The predicted molar refractivity (Wildman–Crippen MR) is 80.4 cm³/mol. The molecule has 0 aromatic rings. The SMILES string of the molecule is CC(C)(C)C(CCO)NC(=O)CC1CC2CCC(C1)N2. The average Bonchev–Trinajstić information content (AvgIpc) is 2.67. The number of carbonyl (C=O) groups is 1. The van der Waals surface area contributed by atoms with Gasteiger partial charge in [0.2, 0.25) is 5.91 Å². The lowest BCUT2D eigenvalue weighted by Crippen LogP contribution is -2.46. The van der Waals surface area contributed by atoms with E-state index in [2.05, 4.69) is 31.4 Å². The zero-order valence-corrected chi connectivity index (χ0v) is 13.1. The Labute approximate surface area is 122 Å². The van der Waals surface area contributed by atoms with E-state index in [-0.39, 0.29) is 24.0 Å². The van der Waals surface area contributed by atoms with Gasteiger partial charge < -0.3 is 15.7 Å². The minimum absolute atomic E-state index is 0.00839. The Morgan fingerprint density at radius 2 is 1.90 bits per heavy atom. The molecular formula is C16H30N2O2. The largest absolute Gasteiger partial charge is 0.396 e. The van der Waals surface area contributed by atoms with Crippen molar-refractivity contribution in [2.45, 2.75) is 77.4 Å². The molecule has 0 aromatic heterocycles. The molecule has 2 saturated heterocycles. The van der Waals surface area contributed by atoms with Crippen LogP contribution in [0.2, 0.25) is 0 Å². The van der Waals surface area contributed by atoms with E-state index in [1.807, 2.05) is 0 Å².